The van der Waals surface area contributed by atoms with Crippen molar-refractivity contribution < 1.29 is 9.47 Å². The summed E-state index contributed by atoms with van der Waals surface area (Å²) in [6, 6.07) is 75.8. The first-order valence-electron chi connectivity index (χ1n) is 19.8. The van der Waals surface area contributed by atoms with E-state index in [1.807, 2.05) is 6.07 Å². The standard InChI is InChI=1S/C55H35NO2/c1-3-15-36(16-4-1)37-17-13-18-38(33-37)39-19-14-22-41(34-39)56(40-20-5-2-6-21-40)42-29-31-50-52(35-42)58-54-51(57-50)32-30-49-53(54)45-25-9-12-28-48(45)55(49)46-26-10-7-23-43(46)44-24-8-11-27-47(44)55/h1-35H. The first-order valence-corrected chi connectivity index (χ1v) is 19.8. The van der Waals surface area contributed by atoms with Crippen LogP contribution < -0.4 is 14.4 Å². The summed E-state index contributed by atoms with van der Waals surface area (Å²) in [5, 5.41) is 0. The van der Waals surface area contributed by atoms with Gasteiger partial charge in [-0.1, -0.05) is 158 Å². The third-order valence-corrected chi connectivity index (χ3v) is 12.1. The van der Waals surface area contributed by atoms with Gasteiger partial charge in [-0.25, -0.2) is 0 Å². The van der Waals surface area contributed by atoms with Crippen LogP contribution in [-0.2, 0) is 5.41 Å². The Morgan fingerprint density at radius 1 is 0.310 bits per heavy atom. The third kappa shape index (κ3) is 4.74. The number of ether oxygens (including phenoxy) is 2. The molecule has 3 aliphatic rings. The minimum absolute atomic E-state index is 0.463. The van der Waals surface area contributed by atoms with Gasteiger partial charge in [0.05, 0.1) is 11.1 Å². The Labute approximate surface area is 337 Å². The highest BCUT2D eigenvalue weighted by molar-refractivity contribution is 5.98. The SMILES string of the molecule is c1ccc(-c2cccc(-c3cccc(N(c4ccccc4)c4ccc5c(c4)Oc4c(ccc6c4-c4ccccc4C64c6ccccc6-c6ccccc64)O5)c3)c2)cc1. The van der Waals surface area contributed by atoms with Crippen LogP contribution in [0.4, 0.5) is 17.1 Å². The van der Waals surface area contributed by atoms with Gasteiger partial charge in [-0.05, 0) is 110 Å². The van der Waals surface area contributed by atoms with E-state index in [9.17, 15) is 0 Å². The topological polar surface area (TPSA) is 21.7 Å². The Bertz CT molecular complexity index is 3030. The van der Waals surface area contributed by atoms with Crippen LogP contribution in [0.5, 0.6) is 23.0 Å². The molecule has 58 heavy (non-hydrogen) atoms. The van der Waals surface area contributed by atoms with E-state index < -0.39 is 5.41 Å². The number of hydrogen-bond donors (Lipinski definition) is 0. The normalized spacial score (nSPS) is 13.2. The number of benzene rings is 9. The van der Waals surface area contributed by atoms with E-state index in [-0.39, 0.29) is 0 Å². The zero-order chi connectivity index (χ0) is 38.2. The summed E-state index contributed by atoms with van der Waals surface area (Å²) in [7, 11) is 0. The lowest BCUT2D eigenvalue weighted by molar-refractivity contribution is 0.360. The quantitative estimate of drug-likeness (QED) is 0.175. The summed E-state index contributed by atoms with van der Waals surface area (Å²) in [4.78, 5) is 2.29. The molecule has 2 aliphatic carbocycles. The van der Waals surface area contributed by atoms with E-state index in [2.05, 4.69) is 211 Å². The molecule has 3 nitrogen and oxygen atoms in total. The van der Waals surface area contributed by atoms with Crippen LogP contribution >= 0.6 is 0 Å². The van der Waals surface area contributed by atoms with Crippen molar-refractivity contribution in [3.63, 3.8) is 0 Å². The van der Waals surface area contributed by atoms with Crippen LogP contribution in [0.3, 0.4) is 0 Å². The second-order valence-corrected chi connectivity index (χ2v) is 15.2. The van der Waals surface area contributed by atoms with Gasteiger partial charge in [-0.15, -0.1) is 0 Å². The minimum Gasteiger partial charge on any atom is -0.449 e. The predicted molar refractivity (Wildman–Crippen MR) is 235 cm³/mol. The van der Waals surface area contributed by atoms with Crippen molar-refractivity contribution in [1.29, 1.82) is 0 Å². The summed E-state index contributed by atoms with van der Waals surface area (Å²) in [6.07, 6.45) is 0. The average Bonchev–Trinajstić information content (AvgIpc) is 3.77. The van der Waals surface area contributed by atoms with Crippen molar-refractivity contribution in [2.24, 2.45) is 0 Å². The fraction of sp³-hybridized carbons (Fsp3) is 0.0182. The maximum Gasteiger partial charge on any atom is 0.178 e. The number of anilines is 3. The van der Waals surface area contributed by atoms with Gasteiger partial charge in [-0.3, -0.25) is 0 Å². The van der Waals surface area contributed by atoms with Crippen molar-refractivity contribution in [3.8, 4) is 67.5 Å². The summed E-state index contributed by atoms with van der Waals surface area (Å²) in [5.74, 6) is 2.83. The zero-order valence-electron chi connectivity index (χ0n) is 31.5. The summed E-state index contributed by atoms with van der Waals surface area (Å²) >= 11 is 0. The molecule has 0 amide bonds. The number of hydrogen-bond acceptors (Lipinski definition) is 3. The molecule has 272 valence electrons. The maximum atomic E-state index is 7.12. The van der Waals surface area contributed by atoms with Crippen LogP contribution in [0.15, 0.2) is 212 Å². The molecule has 0 saturated carbocycles. The molecule has 12 rings (SSSR count). The average molecular weight is 742 g/mol. The van der Waals surface area contributed by atoms with E-state index >= 15 is 0 Å². The molecular weight excluding hydrogens is 707 g/mol. The fourth-order valence-electron chi connectivity index (χ4n) is 9.70. The van der Waals surface area contributed by atoms with Crippen LogP contribution in [-0.4, -0.2) is 0 Å². The van der Waals surface area contributed by atoms with Gasteiger partial charge >= 0.3 is 0 Å². The smallest absolute Gasteiger partial charge is 0.178 e. The van der Waals surface area contributed by atoms with Crippen molar-refractivity contribution in [2.45, 2.75) is 5.41 Å². The maximum absolute atomic E-state index is 7.12. The Hall–Kier alpha value is -7.62. The van der Waals surface area contributed by atoms with Crippen LogP contribution in [0.25, 0.3) is 44.5 Å². The molecule has 3 heteroatoms. The van der Waals surface area contributed by atoms with E-state index in [1.54, 1.807) is 0 Å². The Morgan fingerprint density at radius 2 is 0.828 bits per heavy atom. The van der Waals surface area contributed by atoms with Crippen LogP contribution in [0.1, 0.15) is 22.3 Å². The third-order valence-electron chi connectivity index (χ3n) is 12.1. The number of para-hydroxylation sites is 1. The summed E-state index contributed by atoms with van der Waals surface area (Å²) in [6.45, 7) is 0. The molecule has 1 spiro atoms. The minimum atomic E-state index is -0.463. The van der Waals surface area contributed by atoms with Gasteiger partial charge in [0.2, 0.25) is 0 Å². The lowest BCUT2D eigenvalue weighted by Gasteiger charge is -2.31. The van der Waals surface area contributed by atoms with E-state index in [0.717, 1.165) is 45.3 Å². The van der Waals surface area contributed by atoms with Gasteiger partial charge in [0.15, 0.2) is 23.0 Å². The molecule has 1 heterocycles. The van der Waals surface area contributed by atoms with Gasteiger partial charge in [-0.2, -0.15) is 0 Å². The van der Waals surface area contributed by atoms with E-state index in [1.165, 1.54) is 50.1 Å². The molecule has 0 atom stereocenters. The molecule has 0 aromatic heterocycles. The number of nitrogens with zero attached hydrogens (tertiary/aromatic N) is 1. The monoisotopic (exact) mass is 741 g/mol. The summed E-state index contributed by atoms with van der Waals surface area (Å²) < 4.78 is 13.9. The molecule has 0 fully saturated rings. The molecule has 0 radical (unpaired) electrons. The van der Waals surface area contributed by atoms with Crippen LogP contribution in [0, 0.1) is 0 Å². The van der Waals surface area contributed by atoms with Gasteiger partial charge in [0, 0.05) is 23.0 Å². The Kier molecular flexibility index (Phi) is 7.14. The van der Waals surface area contributed by atoms with Crippen molar-refractivity contribution in [2.75, 3.05) is 4.90 Å². The Morgan fingerprint density at radius 3 is 1.55 bits per heavy atom. The Balaban J connectivity index is 0.981. The first kappa shape index (κ1) is 32.6. The second kappa shape index (κ2) is 12.7. The summed E-state index contributed by atoms with van der Waals surface area (Å²) in [5.41, 5.74) is 17.2. The van der Waals surface area contributed by atoms with Crippen molar-refractivity contribution in [1.82, 2.24) is 0 Å². The van der Waals surface area contributed by atoms with E-state index in [4.69, 9.17) is 9.47 Å². The van der Waals surface area contributed by atoms with Gasteiger partial charge in [0.1, 0.15) is 0 Å². The zero-order valence-corrected chi connectivity index (χ0v) is 31.5. The lowest BCUT2D eigenvalue weighted by atomic mass is 9.70. The molecule has 0 saturated heterocycles. The van der Waals surface area contributed by atoms with E-state index in [0.29, 0.717) is 11.5 Å². The highest BCUT2D eigenvalue weighted by Gasteiger charge is 2.53. The second-order valence-electron chi connectivity index (χ2n) is 15.2. The predicted octanol–water partition coefficient (Wildman–Crippen LogP) is 14.7. The first-order chi connectivity index (χ1) is 28.8. The molecule has 9 aromatic carbocycles. The molecule has 9 aromatic rings. The molecule has 1 aliphatic heterocycles. The van der Waals surface area contributed by atoms with Crippen molar-refractivity contribution >= 4 is 17.1 Å². The molecule has 0 unspecified atom stereocenters. The van der Waals surface area contributed by atoms with Crippen molar-refractivity contribution in [3.05, 3.63) is 235 Å². The largest absolute Gasteiger partial charge is 0.449 e. The molecule has 0 N–H and O–H groups in total. The highest BCUT2D eigenvalue weighted by Crippen LogP contribution is 2.66. The lowest BCUT2D eigenvalue weighted by Crippen LogP contribution is -2.25. The number of rotatable bonds is 5. The fourth-order valence-corrected chi connectivity index (χ4v) is 9.70. The molecule has 0 bridgehead atoms. The number of fused-ring (bicyclic) bond motifs is 13. The molecular formula is C55H35NO2. The highest BCUT2D eigenvalue weighted by atomic mass is 16.6. The van der Waals surface area contributed by atoms with Gasteiger partial charge < -0.3 is 14.4 Å². The van der Waals surface area contributed by atoms with Gasteiger partial charge in [0.25, 0.3) is 0 Å². The van der Waals surface area contributed by atoms with Crippen LogP contribution in [0.2, 0.25) is 0 Å².